The summed E-state index contributed by atoms with van der Waals surface area (Å²) in [4.78, 5) is 11.7. The maximum absolute atomic E-state index is 5.84. The van der Waals surface area contributed by atoms with Gasteiger partial charge in [-0.05, 0) is 30.3 Å². The third-order valence-corrected chi connectivity index (χ3v) is 2.65. The van der Waals surface area contributed by atoms with Crippen LogP contribution in [0.3, 0.4) is 0 Å². The van der Waals surface area contributed by atoms with Crippen molar-refractivity contribution in [2.45, 2.75) is 0 Å². The number of hydrogen-bond donors (Lipinski definition) is 1. The van der Waals surface area contributed by atoms with Gasteiger partial charge in [-0.25, -0.2) is 4.98 Å². The summed E-state index contributed by atoms with van der Waals surface area (Å²) >= 11 is 5.84. The van der Waals surface area contributed by atoms with Crippen molar-refractivity contribution in [2.24, 2.45) is 0 Å². The predicted octanol–water partition coefficient (Wildman–Crippen LogP) is 3.28. The summed E-state index contributed by atoms with van der Waals surface area (Å²) in [5.41, 5.74) is 2.87. The minimum atomic E-state index is 0.724. The Morgan fingerprint density at radius 1 is 1.06 bits per heavy atom. The first kappa shape index (κ1) is 9.36. The molecule has 3 nitrogen and oxygen atoms in total. The summed E-state index contributed by atoms with van der Waals surface area (Å²) in [5.74, 6) is 0.833. The molecular weight excluding hydrogens is 222 g/mol. The molecular formula is C12H8ClN3. The monoisotopic (exact) mass is 229 g/mol. The number of halogens is 1. The predicted molar refractivity (Wildman–Crippen MR) is 64.3 cm³/mol. The highest BCUT2D eigenvalue weighted by molar-refractivity contribution is 6.30. The number of rotatable bonds is 1. The molecule has 3 rings (SSSR count). The summed E-state index contributed by atoms with van der Waals surface area (Å²) in [5, 5.41) is 0.724. The van der Waals surface area contributed by atoms with E-state index in [1.54, 1.807) is 12.4 Å². The molecule has 0 spiro atoms. The summed E-state index contributed by atoms with van der Waals surface area (Å²) in [6, 6.07) is 9.46. The smallest absolute Gasteiger partial charge is 0.138 e. The quantitative estimate of drug-likeness (QED) is 0.696. The van der Waals surface area contributed by atoms with Crippen LogP contribution in [0.5, 0.6) is 0 Å². The van der Waals surface area contributed by atoms with Crippen molar-refractivity contribution < 1.29 is 0 Å². The van der Waals surface area contributed by atoms with Gasteiger partial charge in [-0.15, -0.1) is 0 Å². The number of nitrogens with zero attached hydrogens (tertiary/aromatic N) is 2. The van der Waals surface area contributed by atoms with E-state index >= 15 is 0 Å². The largest absolute Gasteiger partial charge is 0.337 e. The normalized spacial score (nSPS) is 10.8. The second-order valence-corrected chi connectivity index (χ2v) is 3.92. The Morgan fingerprint density at radius 3 is 2.62 bits per heavy atom. The van der Waals surface area contributed by atoms with Gasteiger partial charge < -0.3 is 4.98 Å². The molecule has 0 aliphatic heterocycles. The molecule has 0 atom stereocenters. The van der Waals surface area contributed by atoms with Gasteiger partial charge in [-0.1, -0.05) is 11.6 Å². The number of imidazole rings is 1. The molecule has 2 heterocycles. The summed E-state index contributed by atoms with van der Waals surface area (Å²) in [6.45, 7) is 0. The van der Waals surface area contributed by atoms with E-state index in [2.05, 4.69) is 15.0 Å². The molecule has 0 saturated heterocycles. The van der Waals surface area contributed by atoms with Crippen LogP contribution in [0.15, 0.2) is 42.7 Å². The summed E-state index contributed by atoms with van der Waals surface area (Å²) < 4.78 is 0. The molecule has 3 aromatic rings. The first-order valence-corrected chi connectivity index (χ1v) is 5.26. The van der Waals surface area contributed by atoms with Gasteiger partial charge in [0, 0.05) is 16.8 Å². The number of nitrogens with one attached hydrogen (secondary N) is 1. The number of hydrogen-bond acceptors (Lipinski definition) is 2. The molecule has 0 fully saturated rings. The average Bonchev–Trinajstić information content (AvgIpc) is 2.73. The van der Waals surface area contributed by atoms with Crippen molar-refractivity contribution in [3.8, 4) is 11.4 Å². The molecule has 0 saturated carbocycles. The van der Waals surface area contributed by atoms with Crippen LogP contribution >= 0.6 is 11.6 Å². The second kappa shape index (κ2) is 3.61. The lowest BCUT2D eigenvalue weighted by Crippen LogP contribution is -1.78. The second-order valence-electron chi connectivity index (χ2n) is 3.49. The van der Waals surface area contributed by atoms with Crippen LogP contribution in [0, 0.1) is 0 Å². The minimum absolute atomic E-state index is 0.724. The number of benzene rings is 1. The third-order valence-electron chi connectivity index (χ3n) is 2.40. The molecule has 78 valence electrons. The Morgan fingerprint density at radius 2 is 1.88 bits per heavy atom. The van der Waals surface area contributed by atoms with Crippen LogP contribution in [0.1, 0.15) is 0 Å². The van der Waals surface area contributed by atoms with Crippen LogP contribution in [0.4, 0.5) is 0 Å². The molecule has 16 heavy (non-hydrogen) atoms. The van der Waals surface area contributed by atoms with Crippen molar-refractivity contribution >= 4 is 22.6 Å². The zero-order valence-corrected chi connectivity index (χ0v) is 9.07. The van der Waals surface area contributed by atoms with E-state index in [9.17, 15) is 0 Å². The lowest BCUT2D eigenvalue weighted by molar-refractivity contribution is 1.33. The fourth-order valence-electron chi connectivity index (χ4n) is 1.60. The first-order chi connectivity index (χ1) is 7.83. The Hall–Kier alpha value is -1.87. The zero-order valence-electron chi connectivity index (χ0n) is 8.31. The highest BCUT2D eigenvalue weighted by atomic mass is 35.5. The van der Waals surface area contributed by atoms with Gasteiger partial charge in [-0.2, -0.15) is 0 Å². The van der Waals surface area contributed by atoms with Crippen LogP contribution < -0.4 is 0 Å². The van der Waals surface area contributed by atoms with E-state index in [1.807, 2.05) is 30.3 Å². The van der Waals surface area contributed by atoms with Crippen molar-refractivity contribution in [1.82, 2.24) is 15.0 Å². The minimum Gasteiger partial charge on any atom is -0.337 e. The fourth-order valence-corrected chi connectivity index (χ4v) is 1.73. The number of aromatic amines is 1. The summed E-state index contributed by atoms with van der Waals surface area (Å²) in [7, 11) is 0. The van der Waals surface area contributed by atoms with Gasteiger partial charge in [0.2, 0.25) is 0 Å². The van der Waals surface area contributed by atoms with E-state index in [0.29, 0.717) is 0 Å². The number of aromatic nitrogens is 3. The number of fused-ring (bicyclic) bond motifs is 1. The van der Waals surface area contributed by atoms with E-state index in [1.165, 1.54) is 0 Å². The molecule has 0 bridgehead atoms. The van der Waals surface area contributed by atoms with Gasteiger partial charge in [0.15, 0.2) is 0 Å². The molecule has 0 radical (unpaired) electrons. The van der Waals surface area contributed by atoms with Crippen LogP contribution in [-0.2, 0) is 0 Å². The summed E-state index contributed by atoms with van der Waals surface area (Å²) in [6.07, 6.45) is 3.50. The van der Waals surface area contributed by atoms with Gasteiger partial charge in [-0.3, -0.25) is 4.98 Å². The Balaban J connectivity index is 2.15. The SMILES string of the molecule is Clc1ccc(-c2nc3ccncc3[nH]2)cc1. The molecule has 0 aliphatic carbocycles. The lowest BCUT2D eigenvalue weighted by Gasteiger charge is -1.95. The fraction of sp³-hybridized carbons (Fsp3) is 0. The van der Waals surface area contributed by atoms with Crippen molar-refractivity contribution in [3.63, 3.8) is 0 Å². The molecule has 1 N–H and O–H groups in total. The molecule has 1 aromatic carbocycles. The van der Waals surface area contributed by atoms with Crippen LogP contribution in [-0.4, -0.2) is 15.0 Å². The topological polar surface area (TPSA) is 41.6 Å². The van der Waals surface area contributed by atoms with Crippen molar-refractivity contribution in [1.29, 1.82) is 0 Å². The number of pyridine rings is 1. The molecule has 4 heteroatoms. The van der Waals surface area contributed by atoms with Gasteiger partial charge in [0.25, 0.3) is 0 Å². The van der Waals surface area contributed by atoms with Crippen LogP contribution in [0.25, 0.3) is 22.4 Å². The van der Waals surface area contributed by atoms with E-state index < -0.39 is 0 Å². The Kier molecular flexibility index (Phi) is 2.11. The van der Waals surface area contributed by atoms with Gasteiger partial charge in [0.1, 0.15) is 5.82 Å². The Labute approximate surface area is 97.1 Å². The van der Waals surface area contributed by atoms with Gasteiger partial charge in [0.05, 0.1) is 17.2 Å². The van der Waals surface area contributed by atoms with Crippen LogP contribution in [0.2, 0.25) is 5.02 Å². The molecule has 0 aliphatic rings. The standard InChI is InChI=1S/C12H8ClN3/c13-9-3-1-8(2-4-9)12-15-10-5-6-14-7-11(10)16-12/h1-7H,(H,15,16). The maximum atomic E-state index is 5.84. The highest BCUT2D eigenvalue weighted by Crippen LogP contribution is 2.21. The van der Waals surface area contributed by atoms with Crippen molar-refractivity contribution in [2.75, 3.05) is 0 Å². The Bertz CT molecular complexity index is 595. The molecule has 2 aromatic heterocycles. The van der Waals surface area contributed by atoms with Crippen molar-refractivity contribution in [3.05, 3.63) is 47.7 Å². The van der Waals surface area contributed by atoms with E-state index in [0.717, 1.165) is 27.4 Å². The zero-order chi connectivity index (χ0) is 11.0. The van der Waals surface area contributed by atoms with E-state index in [-0.39, 0.29) is 0 Å². The van der Waals surface area contributed by atoms with Gasteiger partial charge >= 0.3 is 0 Å². The molecule has 0 amide bonds. The van der Waals surface area contributed by atoms with E-state index in [4.69, 9.17) is 11.6 Å². The number of H-pyrrole nitrogens is 1. The highest BCUT2D eigenvalue weighted by Gasteiger charge is 2.04. The third kappa shape index (κ3) is 1.55. The molecule has 0 unspecified atom stereocenters. The first-order valence-electron chi connectivity index (χ1n) is 4.88. The lowest BCUT2D eigenvalue weighted by atomic mass is 10.2. The maximum Gasteiger partial charge on any atom is 0.138 e. The average molecular weight is 230 g/mol.